The summed E-state index contributed by atoms with van der Waals surface area (Å²) in [7, 11) is 1.77. The molecule has 1 N–H and O–H groups in total. The molecule has 20 heavy (non-hydrogen) atoms. The minimum absolute atomic E-state index is 0.263. The number of nitrogens with zero attached hydrogens (tertiary/aromatic N) is 1. The van der Waals surface area contributed by atoms with Crippen LogP contribution in [-0.4, -0.2) is 49.6 Å². The molecule has 110 valence electrons. The second-order valence-corrected chi connectivity index (χ2v) is 5.36. The summed E-state index contributed by atoms with van der Waals surface area (Å²) in [5.41, 5.74) is 0.878. The maximum Gasteiger partial charge on any atom is 0.231 e. The summed E-state index contributed by atoms with van der Waals surface area (Å²) in [5.74, 6) is 1.47. The van der Waals surface area contributed by atoms with Crippen molar-refractivity contribution in [3.8, 4) is 11.5 Å². The number of likely N-dealkylation sites (tertiary alicyclic amines) is 1. The Labute approximate surface area is 119 Å². The first kappa shape index (κ1) is 13.7. The van der Waals surface area contributed by atoms with Gasteiger partial charge in [-0.2, -0.15) is 0 Å². The molecule has 1 saturated heterocycles. The molecule has 0 amide bonds. The van der Waals surface area contributed by atoms with Crippen LogP contribution < -0.4 is 9.47 Å². The molecule has 2 heterocycles. The summed E-state index contributed by atoms with van der Waals surface area (Å²) in [5, 5.41) is 10.4. The lowest BCUT2D eigenvalue weighted by atomic mass is 10.0. The minimum atomic E-state index is -0.497. The molecule has 0 aromatic heterocycles. The average molecular weight is 279 g/mol. The molecule has 2 aliphatic rings. The standard InChI is InChI=1S/C15H21NO4/c1-18-12-4-6-16(7-5-12)9-13(17)11-2-3-14-15(8-11)20-10-19-14/h2-3,8,12-13,17H,4-7,9-10H2,1H3. The molecule has 0 aliphatic carbocycles. The molecule has 0 radical (unpaired) electrons. The molecule has 5 heteroatoms. The first-order valence-electron chi connectivity index (χ1n) is 7.09. The Morgan fingerprint density at radius 2 is 2.05 bits per heavy atom. The fourth-order valence-corrected chi connectivity index (χ4v) is 2.80. The fourth-order valence-electron chi connectivity index (χ4n) is 2.80. The lowest BCUT2D eigenvalue weighted by Crippen LogP contribution is -2.38. The number of fused-ring (bicyclic) bond motifs is 1. The van der Waals surface area contributed by atoms with Crippen LogP contribution in [0.2, 0.25) is 0 Å². The van der Waals surface area contributed by atoms with E-state index in [0.29, 0.717) is 12.6 Å². The highest BCUT2D eigenvalue weighted by atomic mass is 16.7. The molecule has 0 bridgehead atoms. The lowest BCUT2D eigenvalue weighted by Gasteiger charge is -2.32. The van der Waals surface area contributed by atoms with Gasteiger partial charge in [-0.1, -0.05) is 6.07 Å². The third-order valence-corrected chi connectivity index (χ3v) is 4.08. The van der Waals surface area contributed by atoms with Gasteiger partial charge in [0.05, 0.1) is 12.2 Å². The van der Waals surface area contributed by atoms with Crippen molar-refractivity contribution in [1.82, 2.24) is 4.90 Å². The zero-order chi connectivity index (χ0) is 13.9. The summed E-state index contributed by atoms with van der Waals surface area (Å²) in [4.78, 5) is 2.28. The van der Waals surface area contributed by atoms with Gasteiger partial charge >= 0.3 is 0 Å². The third-order valence-electron chi connectivity index (χ3n) is 4.08. The van der Waals surface area contributed by atoms with Crippen LogP contribution in [0.3, 0.4) is 0 Å². The van der Waals surface area contributed by atoms with Crippen molar-refractivity contribution in [3.05, 3.63) is 23.8 Å². The Balaban J connectivity index is 1.58. The van der Waals surface area contributed by atoms with Crippen molar-refractivity contribution in [2.24, 2.45) is 0 Å². The second kappa shape index (κ2) is 5.99. The summed E-state index contributed by atoms with van der Waals surface area (Å²) in [6, 6.07) is 5.63. The molecule has 1 aromatic rings. The monoisotopic (exact) mass is 279 g/mol. The van der Waals surface area contributed by atoms with Crippen LogP contribution in [0, 0.1) is 0 Å². The molecule has 2 aliphatic heterocycles. The van der Waals surface area contributed by atoms with E-state index in [1.807, 2.05) is 18.2 Å². The van der Waals surface area contributed by atoms with Crippen molar-refractivity contribution >= 4 is 0 Å². The van der Waals surface area contributed by atoms with Gasteiger partial charge in [-0.3, -0.25) is 0 Å². The SMILES string of the molecule is COC1CCN(CC(O)c2ccc3c(c2)OCO3)CC1. The van der Waals surface area contributed by atoms with Gasteiger partial charge in [-0.25, -0.2) is 0 Å². The molecule has 1 unspecified atom stereocenters. The molecule has 0 spiro atoms. The second-order valence-electron chi connectivity index (χ2n) is 5.36. The molecular formula is C15H21NO4. The summed E-state index contributed by atoms with van der Waals surface area (Å²) in [6.07, 6.45) is 1.94. The highest BCUT2D eigenvalue weighted by Gasteiger charge is 2.22. The number of β-amino-alcohol motifs (C(OH)–C–C–N with tert-alkyl or cyclic N) is 1. The molecule has 1 aromatic carbocycles. The van der Waals surface area contributed by atoms with E-state index in [2.05, 4.69) is 4.90 Å². The van der Waals surface area contributed by atoms with Crippen LogP contribution >= 0.6 is 0 Å². The number of hydrogen-bond acceptors (Lipinski definition) is 5. The Kier molecular flexibility index (Phi) is 4.10. The minimum Gasteiger partial charge on any atom is -0.454 e. The Hall–Kier alpha value is -1.30. The van der Waals surface area contributed by atoms with Gasteiger partial charge in [0.15, 0.2) is 11.5 Å². The van der Waals surface area contributed by atoms with Crippen LogP contribution in [0.1, 0.15) is 24.5 Å². The molecule has 1 atom stereocenters. The zero-order valence-corrected chi connectivity index (χ0v) is 11.7. The number of piperidine rings is 1. The number of aliphatic hydroxyl groups is 1. The van der Waals surface area contributed by atoms with Gasteiger partial charge < -0.3 is 24.2 Å². The van der Waals surface area contributed by atoms with Crippen LogP contribution in [0.25, 0.3) is 0 Å². The van der Waals surface area contributed by atoms with Crippen molar-refractivity contribution in [1.29, 1.82) is 0 Å². The van der Waals surface area contributed by atoms with Crippen molar-refractivity contribution in [2.75, 3.05) is 33.5 Å². The molecule has 5 nitrogen and oxygen atoms in total. The van der Waals surface area contributed by atoms with E-state index < -0.39 is 6.10 Å². The Bertz CT molecular complexity index is 457. The van der Waals surface area contributed by atoms with E-state index in [-0.39, 0.29) is 6.79 Å². The van der Waals surface area contributed by atoms with E-state index in [4.69, 9.17) is 14.2 Å². The fraction of sp³-hybridized carbons (Fsp3) is 0.600. The van der Waals surface area contributed by atoms with E-state index >= 15 is 0 Å². The predicted octanol–water partition coefficient (Wildman–Crippen LogP) is 1.56. The van der Waals surface area contributed by atoms with Gasteiger partial charge in [-0.15, -0.1) is 0 Å². The number of aliphatic hydroxyl groups excluding tert-OH is 1. The Morgan fingerprint density at radius 1 is 1.30 bits per heavy atom. The molecule has 0 saturated carbocycles. The number of benzene rings is 1. The van der Waals surface area contributed by atoms with Crippen molar-refractivity contribution in [3.63, 3.8) is 0 Å². The number of hydrogen-bond donors (Lipinski definition) is 1. The summed E-state index contributed by atoms with van der Waals surface area (Å²) >= 11 is 0. The van der Waals surface area contributed by atoms with Crippen LogP contribution in [-0.2, 0) is 4.74 Å². The lowest BCUT2D eigenvalue weighted by molar-refractivity contribution is 0.0242. The first-order valence-corrected chi connectivity index (χ1v) is 7.09. The zero-order valence-electron chi connectivity index (χ0n) is 11.7. The Morgan fingerprint density at radius 3 is 2.80 bits per heavy atom. The number of ether oxygens (including phenoxy) is 3. The number of rotatable bonds is 4. The van der Waals surface area contributed by atoms with Crippen molar-refractivity contribution < 1.29 is 19.3 Å². The van der Waals surface area contributed by atoms with Crippen LogP contribution in [0.4, 0.5) is 0 Å². The quantitative estimate of drug-likeness (QED) is 0.906. The van der Waals surface area contributed by atoms with Gasteiger partial charge in [0.25, 0.3) is 0 Å². The van der Waals surface area contributed by atoms with Gasteiger partial charge in [0.2, 0.25) is 6.79 Å². The summed E-state index contributed by atoms with van der Waals surface area (Å²) < 4.78 is 16.0. The summed E-state index contributed by atoms with van der Waals surface area (Å²) in [6.45, 7) is 2.86. The largest absolute Gasteiger partial charge is 0.454 e. The molecular weight excluding hydrogens is 258 g/mol. The topological polar surface area (TPSA) is 51.2 Å². The van der Waals surface area contributed by atoms with E-state index in [1.54, 1.807) is 7.11 Å². The first-order chi connectivity index (χ1) is 9.76. The van der Waals surface area contributed by atoms with E-state index in [0.717, 1.165) is 43.0 Å². The van der Waals surface area contributed by atoms with Gasteiger partial charge in [0.1, 0.15) is 0 Å². The van der Waals surface area contributed by atoms with Crippen LogP contribution in [0.5, 0.6) is 11.5 Å². The molecule has 3 rings (SSSR count). The highest BCUT2D eigenvalue weighted by molar-refractivity contribution is 5.45. The van der Waals surface area contributed by atoms with E-state index in [9.17, 15) is 5.11 Å². The average Bonchev–Trinajstić information content (AvgIpc) is 2.95. The maximum atomic E-state index is 10.4. The molecule has 1 fully saturated rings. The number of methoxy groups -OCH3 is 1. The normalized spacial score (nSPS) is 21.1. The predicted molar refractivity (Wildman–Crippen MR) is 74.0 cm³/mol. The smallest absolute Gasteiger partial charge is 0.231 e. The highest BCUT2D eigenvalue weighted by Crippen LogP contribution is 2.34. The van der Waals surface area contributed by atoms with Crippen LogP contribution in [0.15, 0.2) is 18.2 Å². The van der Waals surface area contributed by atoms with Crippen molar-refractivity contribution in [2.45, 2.75) is 25.0 Å². The third kappa shape index (κ3) is 2.90. The van der Waals surface area contributed by atoms with Gasteiger partial charge in [0, 0.05) is 26.7 Å². The maximum absolute atomic E-state index is 10.4. The van der Waals surface area contributed by atoms with Gasteiger partial charge in [-0.05, 0) is 30.5 Å². The van der Waals surface area contributed by atoms with E-state index in [1.165, 1.54) is 0 Å².